The molecule has 0 saturated carbocycles. The number of carbonyl (C=O) groups is 2. The molecule has 2 N–H and O–H groups in total. The van der Waals surface area contributed by atoms with Gasteiger partial charge in [0.15, 0.2) is 0 Å². The molecular formula is C23H21FN2O5. The first-order chi connectivity index (χ1) is 14.9. The Bertz CT molecular complexity index is 1090. The highest BCUT2D eigenvalue weighted by atomic mass is 19.1. The predicted octanol–water partition coefficient (Wildman–Crippen LogP) is 3.85. The van der Waals surface area contributed by atoms with E-state index in [9.17, 15) is 19.1 Å². The minimum absolute atomic E-state index is 0.0401. The van der Waals surface area contributed by atoms with Crippen molar-refractivity contribution in [1.82, 2.24) is 10.3 Å². The number of hydrogen-bond acceptors (Lipinski definition) is 5. The van der Waals surface area contributed by atoms with Gasteiger partial charge in [0.2, 0.25) is 0 Å². The van der Waals surface area contributed by atoms with Crippen LogP contribution in [-0.2, 0) is 4.79 Å². The first-order valence-corrected chi connectivity index (χ1v) is 9.39. The molecular weight excluding hydrogens is 403 g/mol. The van der Waals surface area contributed by atoms with Crippen LogP contribution in [0.1, 0.15) is 28.5 Å². The summed E-state index contributed by atoms with van der Waals surface area (Å²) in [5, 5.41) is 11.8. The summed E-state index contributed by atoms with van der Waals surface area (Å²) in [7, 11) is 3.05. The Hall–Kier alpha value is -3.94. The summed E-state index contributed by atoms with van der Waals surface area (Å²) >= 11 is 0. The number of halogens is 1. The summed E-state index contributed by atoms with van der Waals surface area (Å²) in [5.74, 6) is -1.28. The molecule has 0 bridgehead atoms. The molecule has 1 heterocycles. The fourth-order valence-electron chi connectivity index (χ4n) is 3.10. The topological polar surface area (TPSA) is 97.8 Å². The summed E-state index contributed by atoms with van der Waals surface area (Å²) in [6.45, 7) is 0. The van der Waals surface area contributed by atoms with Crippen LogP contribution in [-0.4, -0.2) is 36.2 Å². The lowest BCUT2D eigenvalue weighted by molar-refractivity contribution is -0.137. The number of nitrogens with one attached hydrogen (secondary N) is 1. The van der Waals surface area contributed by atoms with Gasteiger partial charge in [-0.15, -0.1) is 0 Å². The van der Waals surface area contributed by atoms with Crippen molar-refractivity contribution in [3.05, 3.63) is 77.7 Å². The van der Waals surface area contributed by atoms with Crippen LogP contribution in [0.5, 0.6) is 11.5 Å². The van der Waals surface area contributed by atoms with E-state index in [1.807, 2.05) is 0 Å². The van der Waals surface area contributed by atoms with Gasteiger partial charge in [-0.05, 0) is 42.5 Å². The normalized spacial score (nSPS) is 11.5. The Labute approximate surface area is 178 Å². The largest absolute Gasteiger partial charge is 0.497 e. The van der Waals surface area contributed by atoms with Crippen LogP contribution in [0, 0.1) is 5.82 Å². The maximum absolute atomic E-state index is 14.2. The molecule has 0 aliphatic carbocycles. The molecule has 1 amide bonds. The summed E-state index contributed by atoms with van der Waals surface area (Å²) in [6, 6.07) is 14.8. The van der Waals surface area contributed by atoms with Crippen LogP contribution < -0.4 is 14.8 Å². The number of nitrogens with zero attached hydrogens (tertiary/aromatic N) is 1. The quantitative estimate of drug-likeness (QED) is 0.570. The second-order valence-electron chi connectivity index (χ2n) is 6.62. The van der Waals surface area contributed by atoms with Crippen LogP contribution in [0.15, 0.2) is 60.7 Å². The molecule has 0 radical (unpaired) electrons. The molecule has 0 fully saturated rings. The third-order valence-electron chi connectivity index (χ3n) is 4.64. The third-order valence-corrected chi connectivity index (χ3v) is 4.64. The minimum Gasteiger partial charge on any atom is -0.497 e. The number of rotatable bonds is 8. The van der Waals surface area contributed by atoms with Crippen molar-refractivity contribution in [2.45, 2.75) is 12.5 Å². The third kappa shape index (κ3) is 5.16. The van der Waals surface area contributed by atoms with Crippen molar-refractivity contribution < 1.29 is 28.6 Å². The maximum Gasteiger partial charge on any atom is 0.305 e. The van der Waals surface area contributed by atoms with Gasteiger partial charge in [0.05, 0.1) is 26.7 Å². The van der Waals surface area contributed by atoms with Crippen molar-refractivity contribution in [1.29, 1.82) is 0 Å². The van der Waals surface area contributed by atoms with E-state index in [0.29, 0.717) is 22.8 Å². The van der Waals surface area contributed by atoms with Gasteiger partial charge < -0.3 is 19.9 Å². The Balaban J connectivity index is 1.92. The molecule has 0 aliphatic heterocycles. The average molecular weight is 424 g/mol. The molecule has 31 heavy (non-hydrogen) atoms. The second-order valence-corrected chi connectivity index (χ2v) is 6.62. The van der Waals surface area contributed by atoms with E-state index in [1.54, 1.807) is 43.5 Å². The molecule has 1 atom stereocenters. The Morgan fingerprint density at radius 2 is 1.74 bits per heavy atom. The number of aromatic nitrogens is 1. The molecule has 0 spiro atoms. The minimum atomic E-state index is -1.17. The van der Waals surface area contributed by atoms with Gasteiger partial charge in [-0.2, -0.15) is 0 Å². The van der Waals surface area contributed by atoms with Gasteiger partial charge >= 0.3 is 5.97 Å². The van der Waals surface area contributed by atoms with Crippen LogP contribution in [0.4, 0.5) is 4.39 Å². The smallest absolute Gasteiger partial charge is 0.305 e. The second kappa shape index (κ2) is 9.71. The van der Waals surface area contributed by atoms with E-state index in [1.165, 1.54) is 31.4 Å². The molecule has 1 aromatic heterocycles. The van der Waals surface area contributed by atoms with Gasteiger partial charge in [0.25, 0.3) is 5.91 Å². The van der Waals surface area contributed by atoms with E-state index in [-0.39, 0.29) is 11.3 Å². The summed E-state index contributed by atoms with van der Waals surface area (Å²) in [6.07, 6.45) is -0.478. The van der Waals surface area contributed by atoms with E-state index < -0.39 is 30.2 Å². The first-order valence-electron chi connectivity index (χ1n) is 9.39. The maximum atomic E-state index is 14.2. The van der Waals surface area contributed by atoms with E-state index in [0.717, 1.165) is 0 Å². The molecule has 8 heteroatoms. The highest BCUT2D eigenvalue weighted by molar-refractivity contribution is 5.93. The number of aliphatic carboxylic acids is 1. The van der Waals surface area contributed by atoms with Crippen molar-refractivity contribution in [3.8, 4) is 22.8 Å². The first kappa shape index (κ1) is 21.8. The van der Waals surface area contributed by atoms with Crippen molar-refractivity contribution in [3.63, 3.8) is 0 Å². The van der Waals surface area contributed by atoms with Gasteiger partial charge in [0.1, 0.15) is 28.7 Å². The zero-order valence-corrected chi connectivity index (χ0v) is 17.0. The summed E-state index contributed by atoms with van der Waals surface area (Å²) in [4.78, 5) is 28.5. The van der Waals surface area contributed by atoms with Crippen LogP contribution in [0.25, 0.3) is 11.3 Å². The average Bonchev–Trinajstić information content (AvgIpc) is 2.78. The number of carboxylic acid groups (broad SMARTS) is 1. The number of methoxy groups -OCH3 is 2. The zero-order valence-electron chi connectivity index (χ0n) is 17.0. The van der Waals surface area contributed by atoms with Crippen LogP contribution in [0.2, 0.25) is 0 Å². The molecule has 3 rings (SSSR count). The number of carbonyl (C=O) groups excluding carboxylic acids is 1. The fraction of sp³-hybridized carbons (Fsp3) is 0.174. The molecule has 7 nitrogen and oxygen atoms in total. The number of hydrogen-bond donors (Lipinski definition) is 2. The van der Waals surface area contributed by atoms with Gasteiger partial charge in [-0.1, -0.05) is 18.2 Å². The van der Waals surface area contributed by atoms with Crippen molar-refractivity contribution >= 4 is 11.9 Å². The van der Waals surface area contributed by atoms with Gasteiger partial charge in [-0.3, -0.25) is 9.59 Å². The predicted molar refractivity (Wildman–Crippen MR) is 112 cm³/mol. The number of benzene rings is 2. The van der Waals surface area contributed by atoms with Crippen molar-refractivity contribution in [2.75, 3.05) is 14.2 Å². The number of amides is 1. The number of ether oxygens (including phenoxy) is 2. The van der Waals surface area contributed by atoms with Gasteiger partial charge in [-0.25, -0.2) is 9.37 Å². The van der Waals surface area contributed by atoms with Crippen molar-refractivity contribution in [2.24, 2.45) is 0 Å². The lowest BCUT2D eigenvalue weighted by Gasteiger charge is -2.18. The molecule has 2 aromatic carbocycles. The molecule has 1 unspecified atom stereocenters. The summed E-state index contributed by atoms with van der Waals surface area (Å²) < 4.78 is 24.7. The highest BCUT2D eigenvalue weighted by Gasteiger charge is 2.23. The monoisotopic (exact) mass is 424 g/mol. The SMILES string of the molecule is COc1ccc(-c2nc(C(=O)NC(CC(=O)O)c3ccccc3F)ccc2OC)cc1. The lowest BCUT2D eigenvalue weighted by atomic mass is 10.0. The molecule has 160 valence electrons. The standard InChI is InChI=1S/C23H21FN2O5/c1-30-15-9-7-14(8-10-15)22-20(31-2)12-11-18(25-22)23(29)26-19(13-21(27)28)16-5-3-4-6-17(16)24/h3-12,19H,13H2,1-2H3,(H,26,29)(H,27,28). The van der Waals surface area contributed by atoms with E-state index in [2.05, 4.69) is 10.3 Å². The highest BCUT2D eigenvalue weighted by Crippen LogP contribution is 2.30. The molecule has 3 aromatic rings. The number of pyridine rings is 1. The fourth-order valence-corrected chi connectivity index (χ4v) is 3.10. The van der Waals surface area contributed by atoms with Gasteiger partial charge in [0, 0.05) is 11.1 Å². The molecule has 0 aliphatic rings. The van der Waals surface area contributed by atoms with E-state index in [4.69, 9.17) is 9.47 Å². The number of carboxylic acids is 1. The Morgan fingerprint density at radius 1 is 1.03 bits per heavy atom. The summed E-state index contributed by atoms with van der Waals surface area (Å²) in [5.41, 5.74) is 1.25. The van der Waals surface area contributed by atoms with Crippen LogP contribution >= 0.6 is 0 Å². The zero-order chi connectivity index (χ0) is 22.4. The Morgan fingerprint density at radius 3 is 2.35 bits per heavy atom. The molecule has 0 saturated heterocycles. The van der Waals surface area contributed by atoms with Crippen LogP contribution in [0.3, 0.4) is 0 Å². The Kier molecular flexibility index (Phi) is 6.81. The lowest BCUT2D eigenvalue weighted by Crippen LogP contribution is -2.31. The van der Waals surface area contributed by atoms with E-state index >= 15 is 0 Å².